The molecule has 11 rings (SSSR count). The molecule has 4 aliphatic carbocycles. The molecule has 84 heavy (non-hydrogen) atoms. The van der Waals surface area contributed by atoms with Crippen LogP contribution in [-0.2, 0) is 61.6 Å². The van der Waals surface area contributed by atoms with E-state index in [9.17, 15) is 81.4 Å². The number of hydrogen-bond donors (Lipinski definition) is 15. The maximum atomic E-state index is 14.8. The third-order valence-electron chi connectivity index (χ3n) is 21.4. The highest BCUT2D eigenvalue weighted by atomic mass is 16.8. The molecule has 7 aliphatic heterocycles. The number of aliphatic hydroxyl groups excluding tert-OH is 15. The molecular weight excluding hydrogens is 1120 g/mol. The number of Topliss-reactive ketones (excluding diaryl/α,β-unsaturated/α-hetero) is 1. The molecule has 0 aromatic carbocycles. The molecule has 0 amide bonds. The van der Waals surface area contributed by atoms with Gasteiger partial charge >= 0.3 is 0 Å². The highest BCUT2D eigenvalue weighted by molar-refractivity contribution is 5.87. The highest BCUT2D eigenvalue weighted by Crippen LogP contribution is 2.70. The van der Waals surface area contributed by atoms with Crippen molar-refractivity contribution in [2.45, 2.75) is 244 Å². The van der Waals surface area contributed by atoms with Crippen molar-refractivity contribution in [1.82, 2.24) is 0 Å². The molecule has 3 saturated carbocycles. The summed E-state index contributed by atoms with van der Waals surface area (Å²) in [5.41, 5.74) is 0.259. The number of rotatable bonds is 14. The number of hydrogen-bond acceptors (Lipinski definition) is 28. The van der Waals surface area contributed by atoms with Crippen LogP contribution in [0.4, 0.5) is 0 Å². The molecule has 15 N–H and O–H groups in total. The van der Waals surface area contributed by atoms with Crippen LogP contribution in [0.2, 0.25) is 0 Å². The minimum Gasteiger partial charge on any atom is -0.394 e. The monoisotopic (exact) mass is 1210 g/mol. The first kappa shape index (κ1) is 63.9. The summed E-state index contributed by atoms with van der Waals surface area (Å²) < 4.78 is 73.0. The van der Waals surface area contributed by atoms with Crippen LogP contribution >= 0.6 is 0 Å². The zero-order chi connectivity index (χ0) is 60.2. The zero-order valence-corrected chi connectivity index (χ0v) is 47.5. The van der Waals surface area contributed by atoms with E-state index in [4.69, 9.17) is 56.8 Å². The minimum absolute atomic E-state index is 0.0584. The Morgan fingerprint density at radius 3 is 1.79 bits per heavy atom. The number of fused-ring (bicyclic) bond motifs is 7. The average molecular weight is 1210 g/mol. The third-order valence-corrected chi connectivity index (χ3v) is 21.4. The van der Waals surface area contributed by atoms with Gasteiger partial charge in [-0.2, -0.15) is 0 Å². The molecule has 7 heterocycles. The fraction of sp³-hybridized carbons (Fsp3) is 0.946. The van der Waals surface area contributed by atoms with E-state index in [1.54, 1.807) is 0 Å². The SMILES string of the molecule is C[C@@H]1CC[C@@]2(OC1)O[C@H]1C[C@H]3[C@@H]4CC=C5C[C@@H](O[C@@H]6O[C@H](CO)[C@H](O[C@@H]7O[C@H](CO)[C@@H](O)[C@H](O[C@@H]8OC[C@@H](O)[C@H](O)[C@H]8O)[C@H]7O[C@@H]7O[C@H](CO)[C@@H](O)[C@H](O[C@@H]8O[C@H](CO)[C@@H](O)[C@H](O)[C@H]8O)[C@H]7O)[C@H](O)[C@H]6O)CC[C@]5(C)[C@H]4CC(=O)[C@]3(C)[C@H]1[C@@H]2C. The second kappa shape index (κ2) is 24.8. The van der Waals surface area contributed by atoms with Gasteiger partial charge in [-0.05, 0) is 67.6 Å². The summed E-state index contributed by atoms with van der Waals surface area (Å²) in [4.78, 5) is 14.8. The Morgan fingerprint density at radius 2 is 1.12 bits per heavy atom. The summed E-state index contributed by atoms with van der Waals surface area (Å²) >= 11 is 0. The van der Waals surface area contributed by atoms with Gasteiger partial charge in [0.15, 0.2) is 37.2 Å². The van der Waals surface area contributed by atoms with Crippen molar-refractivity contribution in [3.8, 4) is 0 Å². The number of ether oxygens (including phenoxy) is 12. The van der Waals surface area contributed by atoms with E-state index in [1.807, 2.05) is 0 Å². The first-order valence-corrected chi connectivity index (χ1v) is 29.9. The Balaban J connectivity index is 0.799. The molecule has 0 aromatic rings. The lowest BCUT2D eigenvalue weighted by atomic mass is 9.46. The van der Waals surface area contributed by atoms with Gasteiger partial charge in [0, 0.05) is 30.1 Å². The summed E-state index contributed by atoms with van der Waals surface area (Å²) in [5, 5.41) is 164. The first-order chi connectivity index (χ1) is 39.9. The van der Waals surface area contributed by atoms with Crippen LogP contribution in [0.3, 0.4) is 0 Å². The second-order valence-electron chi connectivity index (χ2n) is 26.1. The molecule has 10 fully saturated rings. The fourth-order valence-corrected chi connectivity index (χ4v) is 16.4. The van der Waals surface area contributed by atoms with Gasteiger partial charge in [0.2, 0.25) is 0 Å². The minimum atomic E-state index is -2.20. The molecular formula is C56H88O28. The van der Waals surface area contributed by atoms with Gasteiger partial charge in [0.25, 0.3) is 0 Å². The van der Waals surface area contributed by atoms with Crippen LogP contribution in [0.5, 0.6) is 0 Å². The lowest BCUT2D eigenvalue weighted by Crippen LogP contribution is -2.69. The van der Waals surface area contributed by atoms with Crippen molar-refractivity contribution in [2.75, 3.05) is 39.6 Å². The van der Waals surface area contributed by atoms with E-state index in [0.29, 0.717) is 38.2 Å². The second-order valence-corrected chi connectivity index (χ2v) is 26.1. The van der Waals surface area contributed by atoms with Crippen molar-refractivity contribution in [3.05, 3.63) is 11.6 Å². The molecule has 480 valence electrons. The lowest BCUT2D eigenvalue weighted by molar-refractivity contribution is -0.409. The third kappa shape index (κ3) is 10.9. The predicted octanol–water partition coefficient (Wildman–Crippen LogP) is -5.35. The Kier molecular flexibility index (Phi) is 18.9. The van der Waals surface area contributed by atoms with E-state index in [2.05, 4.69) is 33.8 Å². The predicted molar refractivity (Wildman–Crippen MR) is 275 cm³/mol. The Labute approximate surface area is 484 Å². The maximum Gasteiger partial charge on any atom is 0.187 e. The van der Waals surface area contributed by atoms with Crippen LogP contribution in [0.1, 0.15) is 79.1 Å². The number of ketones is 1. The van der Waals surface area contributed by atoms with Crippen LogP contribution in [0.15, 0.2) is 11.6 Å². The smallest absolute Gasteiger partial charge is 0.187 e. The van der Waals surface area contributed by atoms with Crippen molar-refractivity contribution < 1.29 is 138 Å². The largest absolute Gasteiger partial charge is 0.394 e. The number of aliphatic hydroxyl groups is 15. The van der Waals surface area contributed by atoms with E-state index in [-0.39, 0.29) is 46.9 Å². The number of allylic oxidation sites excluding steroid dienone is 1. The van der Waals surface area contributed by atoms with Gasteiger partial charge in [-0.1, -0.05) is 39.3 Å². The fourth-order valence-electron chi connectivity index (χ4n) is 16.4. The highest BCUT2D eigenvalue weighted by Gasteiger charge is 2.72. The molecule has 0 bridgehead atoms. The Hall–Kier alpha value is -1.67. The van der Waals surface area contributed by atoms with Gasteiger partial charge in [-0.3, -0.25) is 4.79 Å². The van der Waals surface area contributed by atoms with E-state index < -0.39 is 198 Å². The molecule has 1 spiro atoms. The van der Waals surface area contributed by atoms with E-state index >= 15 is 0 Å². The van der Waals surface area contributed by atoms with E-state index in [0.717, 1.165) is 31.3 Å². The van der Waals surface area contributed by atoms with Crippen molar-refractivity contribution in [3.63, 3.8) is 0 Å². The summed E-state index contributed by atoms with van der Waals surface area (Å²) in [5.74, 6) is 0.719. The summed E-state index contributed by atoms with van der Waals surface area (Å²) in [6.07, 6.45) is -37.6. The van der Waals surface area contributed by atoms with Crippen molar-refractivity contribution >= 4 is 5.78 Å². The van der Waals surface area contributed by atoms with Crippen molar-refractivity contribution in [2.24, 2.45) is 46.3 Å². The summed E-state index contributed by atoms with van der Waals surface area (Å²) in [7, 11) is 0. The molecule has 7 saturated heterocycles. The zero-order valence-electron chi connectivity index (χ0n) is 47.5. The van der Waals surface area contributed by atoms with Crippen molar-refractivity contribution in [1.29, 1.82) is 0 Å². The molecule has 0 radical (unpaired) electrons. The van der Waals surface area contributed by atoms with Gasteiger partial charge in [0.1, 0.15) is 122 Å². The molecule has 0 aromatic heterocycles. The molecule has 11 aliphatic rings. The van der Waals surface area contributed by atoms with Gasteiger partial charge < -0.3 is 133 Å². The normalized spacial score (nSPS) is 55.9. The van der Waals surface area contributed by atoms with Gasteiger partial charge in [-0.25, -0.2) is 0 Å². The lowest BCUT2D eigenvalue weighted by Gasteiger charge is -2.58. The Morgan fingerprint density at radius 1 is 0.548 bits per heavy atom. The average Bonchev–Trinajstić information content (AvgIpc) is 3.41. The first-order valence-electron chi connectivity index (χ1n) is 29.9. The van der Waals surface area contributed by atoms with Crippen LogP contribution < -0.4 is 0 Å². The molecule has 0 unspecified atom stereocenters. The molecule has 35 atom stereocenters. The number of carbonyl (C=O) groups excluding carboxylic acids is 1. The van der Waals surface area contributed by atoms with Gasteiger partial charge in [-0.15, -0.1) is 0 Å². The standard InChI is InChI=1S/C56H88O28/c1-20-7-10-56(74-18-20)21(2)34-28(84-56)12-26-24-6-5-22-11-23(8-9-54(22,3)25(24)13-33(62)55(26,34)4)75-50-43(71)40(68)45(32(17-60)79-50)80-53-48(47(38(66)31(16-59)78-53)82-49-41(69)35(63)27(61)19-73-49)83-52-44(72)46(37(65)30(15-58)77-52)81-51-42(70)39(67)36(64)29(14-57)76-51/h5,20-21,23-32,34-53,57-61,63-72H,6-19H2,1-4H3/t20-,21+,23+,24-,25+,26+,27-,28+,29-,30-,31-,32-,34+,35+,36-,37-,38-,39+,40-,41-,42-,43-,44-,45+,46+,47+,48-,49+,50-,51+,52+,53+,54+,55-,56-/m1/s1. The van der Waals surface area contributed by atoms with E-state index in [1.165, 1.54) is 0 Å². The number of carbonyl (C=O) groups is 1. The van der Waals surface area contributed by atoms with Crippen LogP contribution in [-0.4, -0.2) is 287 Å². The van der Waals surface area contributed by atoms with Crippen LogP contribution in [0, 0.1) is 46.3 Å². The topological polar surface area (TPSA) is 431 Å². The van der Waals surface area contributed by atoms with Gasteiger partial charge in [0.05, 0.1) is 51.8 Å². The molecule has 28 nitrogen and oxygen atoms in total. The quantitative estimate of drug-likeness (QED) is 0.0722. The van der Waals surface area contributed by atoms with Crippen LogP contribution in [0.25, 0.3) is 0 Å². The maximum absolute atomic E-state index is 14.8. The Bertz CT molecular complexity index is 2290. The molecule has 28 heteroatoms. The summed E-state index contributed by atoms with van der Waals surface area (Å²) in [6.45, 7) is 5.16. The summed E-state index contributed by atoms with van der Waals surface area (Å²) in [6, 6.07) is 0.